The van der Waals surface area contributed by atoms with Gasteiger partial charge < -0.3 is 36.9 Å². The molecule has 0 bridgehead atoms. The maximum Gasteiger partial charge on any atom is 3.00 e. The first-order chi connectivity index (χ1) is 21.5. The fourth-order valence-corrected chi connectivity index (χ4v) is 4.35. The molecule has 0 radical (unpaired) electrons. The van der Waals surface area contributed by atoms with Crippen LogP contribution in [0.3, 0.4) is 0 Å². The minimum absolute atomic E-state index is 0. The molecule has 4 heterocycles. The van der Waals surface area contributed by atoms with Gasteiger partial charge in [-0.05, 0) is 48.5 Å². The smallest absolute Gasteiger partial charge is 2.00 e. The predicted molar refractivity (Wildman–Crippen MR) is 187 cm³/mol. The molecule has 0 unspecified atom stereocenters. The number of phenolic OH excluding ortho intramolecular Hbond substituents is 4. The SMILES string of the molecule is Oc1cccc2cccnc12.Oc1cccc2cccnc12.Oc1cccc2cccnc12.Oc1cccc2cccnc12.[Al+3].[Al+3].[O-2].[O-2].[O-2]. The van der Waals surface area contributed by atoms with Gasteiger partial charge in [0.05, 0.1) is 0 Å². The van der Waals surface area contributed by atoms with E-state index in [1.807, 2.05) is 72.8 Å². The number of rotatable bonds is 0. The number of hydrogen-bond donors (Lipinski definition) is 4. The summed E-state index contributed by atoms with van der Waals surface area (Å²) in [4.78, 5) is 16.1. The van der Waals surface area contributed by atoms with Gasteiger partial charge in [-0.2, -0.15) is 0 Å². The molecule has 0 aliphatic rings. The van der Waals surface area contributed by atoms with Crippen molar-refractivity contribution in [3.8, 4) is 23.0 Å². The van der Waals surface area contributed by atoms with E-state index in [0.29, 0.717) is 22.1 Å². The van der Waals surface area contributed by atoms with Crippen molar-refractivity contribution in [2.45, 2.75) is 0 Å². The third-order valence-corrected chi connectivity index (χ3v) is 6.45. The van der Waals surface area contributed by atoms with Crippen LogP contribution < -0.4 is 0 Å². The molecule has 4 aromatic carbocycles. The summed E-state index contributed by atoms with van der Waals surface area (Å²) in [5, 5.41) is 41.1. The van der Waals surface area contributed by atoms with Gasteiger partial charge in [0.25, 0.3) is 0 Å². The van der Waals surface area contributed by atoms with Gasteiger partial charge in [0.1, 0.15) is 45.1 Å². The van der Waals surface area contributed by atoms with Crippen molar-refractivity contribution in [2.75, 3.05) is 0 Å². The van der Waals surface area contributed by atoms with Crippen LogP contribution in [0.4, 0.5) is 0 Å². The van der Waals surface area contributed by atoms with Crippen molar-refractivity contribution in [2.24, 2.45) is 0 Å². The molecule has 13 heteroatoms. The number of phenols is 4. The number of fused-ring (bicyclic) bond motifs is 4. The number of benzene rings is 4. The molecule has 0 atom stereocenters. The Hall–Kier alpha value is -5.34. The van der Waals surface area contributed by atoms with Crippen LogP contribution in [-0.4, -0.2) is 75.1 Å². The Morgan fingerprint density at radius 3 is 0.653 bits per heavy atom. The molecule has 0 saturated heterocycles. The molecule has 49 heavy (non-hydrogen) atoms. The second kappa shape index (κ2) is 21.5. The average Bonchev–Trinajstić information content (AvgIpc) is 3.07. The summed E-state index contributed by atoms with van der Waals surface area (Å²) in [7, 11) is 0. The summed E-state index contributed by atoms with van der Waals surface area (Å²) in [5.41, 5.74) is 2.65. The largest absolute Gasteiger partial charge is 3.00 e. The van der Waals surface area contributed by atoms with Crippen LogP contribution in [0.15, 0.2) is 146 Å². The molecule has 0 spiro atoms. The average molecular weight is 683 g/mol. The van der Waals surface area contributed by atoms with Gasteiger partial charge in [-0.15, -0.1) is 0 Å². The predicted octanol–water partition coefficient (Wildman–Crippen LogP) is 6.64. The Bertz CT molecular complexity index is 1850. The molecule has 240 valence electrons. The zero-order chi connectivity index (χ0) is 30.7. The van der Waals surface area contributed by atoms with Crippen LogP contribution in [0, 0.1) is 0 Å². The van der Waals surface area contributed by atoms with Crippen molar-refractivity contribution >= 4 is 78.3 Å². The number of aromatic hydroxyl groups is 4. The molecule has 0 aliphatic carbocycles. The molecule has 0 amide bonds. The van der Waals surface area contributed by atoms with Crippen molar-refractivity contribution in [1.29, 1.82) is 0 Å². The van der Waals surface area contributed by atoms with E-state index >= 15 is 0 Å². The molecular formula is C36H28Al2N4O7. The van der Waals surface area contributed by atoms with E-state index in [-0.39, 0.29) is 74.1 Å². The maximum atomic E-state index is 9.31. The van der Waals surface area contributed by atoms with Gasteiger partial charge >= 0.3 is 34.7 Å². The van der Waals surface area contributed by atoms with Gasteiger partial charge in [0, 0.05) is 46.3 Å². The minimum atomic E-state index is 0. The number of hydrogen-bond acceptors (Lipinski definition) is 8. The molecule has 0 aliphatic heterocycles. The maximum absolute atomic E-state index is 9.31. The molecule has 4 N–H and O–H groups in total. The number of aromatic nitrogens is 4. The number of para-hydroxylation sites is 4. The van der Waals surface area contributed by atoms with E-state index in [9.17, 15) is 20.4 Å². The van der Waals surface area contributed by atoms with Gasteiger partial charge in [-0.1, -0.05) is 72.8 Å². The summed E-state index contributed by atoms with van der Waals surface area (Å²) in [6.07, 6.45) is 6.67. The van der Waals surface area contributed by atoms with Crippen LogP contribution in [-0.2, 0) is 16.4 Å². The standard InChI is InChI=1S/4C9H7NO.2Al.3O/c4*11-8-5-1-3-7-4-2-6-10-9(7)8;;;;;/h4*1-6,11H;;;;;/q;;;;2*+3;3*-2. The third-order valence-electron chi connectivity index (χ3n) is 6.45. The first-order valence-corrected chi connectivity index (χ1v) is 13.6. The molecule has 0 saturated carbocycles. The van der Waals surface area contributed by atoms with Crippen LogP contribution in [0.1, 0.15) is 0 Å². The van der Waals surface area contributed by atoms with Gasteiger partial charge in [-0.25, -0.2) is 0 Å². The fourth-order valence-electron chi connectivity index (χ4n) is 4.35. The van der Waals surface area contributed by atoms with Crippen LogP contribution in [0.2, 0.25) is 0 Å². The molecule has 11 nitrogen and oxygen atoms in total. The van der Waals surface area contributed by atoms with E-state index in [1.54, 1.807) is 73.3 Å². The molecule has 0 fully saturated rings. The zero-order valence-electron chi connectivity index (χ0n) is 25.8. The Kier molecular flexibility index (Phi) is 19.2. The number of pyridine rings is 4. The van der Waals surface area contributed by atoms with E-state index in [1.165, 1.54) is 0 Å². The second-order valence-corrected chi connectivity index (χ2v) is 9.41. The summed E-state index contributed by atoms with van der Waals surface area (Å²) >= 11 is 0. The van der Waals surface area contributed by atoms with Crippen molar-refractivity contribution in [3.05, 3.63) is 146 Å². The van der Waals surface area contributed by atoms with Gasteiger partial charge in [0.2, 0.25) is 0 Å². The van der Waals surface area contributed by atoms with Gasteiger partial charge in [-0.3, -0.25) is 19.9 Å². The van der Waals surface area contributed by atoms with Crippen LogP contribution in [0.25, 0.3) is 43.6 Å². The zero-order valence-corrected chi connectivity index (χ0v) is 28.1. The Morgan fingerprint density at radius 1 is 0.286 bits per heavy atom. The van der Waals surface area contributed by atoms with Crippen LogP contribution in [0.5, 0.6) is 23.0 Å². The van der Waals surface area contributed by atoms with Crippen molar-refractivity contribution in [3.63, 3.8) is 0 Å². The molecular weight excluding hydrogens is 654 g/mol. The molecule has 4 aromatic heterocycles. The molecule has 8 aromatic rings. The summed E-state index contributed by atoms with van der Waals surface area (Å²) in [6.45, 7) is 0. The first-order valence-electron chi connectivity index (χ1n) is 13.6. The Balaban J connectivity index is 0.000000606. The second-order valence-electron chi connectivity index (χ2n) is 9.41. The summed E-state index contributed by atoms with van der Waals surface area (Å²) in [5.74, 6) is 0.956. The topological polar surface area (TPSA) is 218 Å². The normalized spacial score (nSPS) is 9.14. The van der Waals surface area contributed by atoms with E-state index in [2.05, 4.69) is 19.9 Å². The van der Waals surface area contributed by atoms with Gasteiger partial charge in [0.15, 0.2) is 0 Å². The summed E-state index contributed by atoms with van der Waals surface area (Å²) in [6, 6.07) is 36.5. The van der Waals surface area contributed by atoms with Crippen molar-refractivity contribution < 1.29 is 36.9 Å². The monoisotopic (exact) mass is 682 g/mol. The summed E-state index contributed by atoms with van der Waals surface area (Å²) < 4.78 is 0. The number of nitrogens with zero attached hydrogens (tertiary/aromatic N) is 4. The third kappa shape index (κ3) is 11.4. The van der Waals surface area contributed by atoms with E-state index in [0.717, 1.165) is 21.5 Å². The van der Waals surface area contributed by atoms with E-state index in [4.69, 9.17) is 0 Å². The Morgan fingerprint density at radius 2 is 0.469 bits per heavy atom. The quantitative estimate of drug-likeness (QED) is 0.127. The van der Waals surface area contributed by atoms with Crippen LogP contribution >= 0.6 is 0 Å². The fraction of sp³-hybridized carbons (Fsp3) is 0. The molecule has 8 rings (SSSR count). The van der Waals surface area contributed by atoms with E-state index < -0.39 is 0 Å². The van der Waals surface area contributed by atoms with Crippen molar-refractivity contribution in [1.82, 2.24) is 19.9 Å². The Labute approximate surface area is 303 Å². The first kappa shape index (κ1) is 43.7. The minimum Gasteiger partial charge on any atom is -2.00 e.